The second-order valence-corrected chi connectivity index (χ2v) is 9.64. The van der Waals surface area contributed by atoms with Crippen molar-refractivity contribution in [3.05, 3.63) is 95.6 Å². The molecule has 1 aliphatic carbocycles. The van der Waals surface area contributed by atoms with Gasteiger partial charge in [-0.05, 0) is 36.2 Å². The minimum absolute atomic E-state index is 0.0143. The van der Waals surface area contributed by atoms with E-state index in [2.05, 4.69) is 0 Å². The van der Waals surface area contributed by atoms with Crippen LogP contribution in [0.1, 0.15) is 22.6 Å². The predicted octanol–water partition coefficient (Wildman–Crippen LogP) is 5.17. The summed E-state index contributed by atoms with van der Waals surface area (Å²) < 4.78 is 71.9. The van der Waals surface area contributed by atoms with Crippen molar-refractivity contribution in [3.8, 4) is 0 Å². The van der Waals surface area contributed by atoms with Crippen molar-refractivity contribution in [3.63, 3.8) is 0 Å². The van der Waals surface area contributed by atoms with E-state index < -0.39 is 33.6 Å². The number of anilines is 1. The fraction of sp³-hybridized carbons (Fsp3) is 0.217. The van der Waals surface area contributed by atoms with Crippen LogP contribution < -0.4 is 4.31 Å². The minimum atomic E-state index is -4.61. The molecule has 30 heavy (non-hydrogen) atoms. The maximum absolute atomic E-state index is 14.6. The zero-order valence-electron chi connectivity index (χ0n) is 16.0. The largest absolute Gasteiger partial charge is 0.401 e. The van der Waals surface area contributed by atoms with E-state index in [1.165, 1.54) is 24.3 Å². The number of halogens is 3. The highest BCUT2D eigenvalue weighted by atomic mass is 32.2. The third-order valence-corrected chi connectivity index (χ3v) is 8.03. The number of fused-ring (bicyclic) bond motifs is 3. The van der Waals surface area contributed by atoms with E-state index in [9.17, 15) is 21.6 Å². The van der Waals surface area contributed by atoms with Crippen molar-refractivity contribution in [1.82, 2.24) is 0 Å². The van der Waals surface area contributed by atoms with Crippen molar-refractivity contribution < 1.29 is 21.6 Å². The fourth-order valence-corrected chi connectivity index (χ4v) is 6.60. The number of rotatable bonds is 3. The molecule has 1 saturated carbocycles. The van der Waals surface area contributed by atoms with E-state index in [1.54, 1.807) is 54.6 Å². The van der Waals surface area contributed by atoms with Gasteiger partial charge in [0.1, 0.15) is 5.41 Å². The van der Waals surface area contributed by atoms with Crippen LogP contribution in [0.25, 0.3) is 0 Å². The molecular formula is C23H18F3NO2S. The van der Waals surface area contributed by atoms with Gasteiger partial charge >= 0.3 is 6.18 Å². The maximum Gasteiger partial charge on any atom is 0.401 e. The number of nitrogens with zero attached hydrogens (tertiary/aromatic N) is 1. The van der Waals surface area contributed by atoms with Gasteiger partial charge in [0.25, 0.3) is 10.0 Å². The van der Waals surface area contributed by atoms with Crippen molar-refractivity contribution in [2.75, 3.05) is 4.31 Å². The molecule has 3 atom stereocenters. The third kappa shape index (κ3) is 2.35. The van der Waals surface area contributed by atoms with Crippen LogP contribution >= 0.6 is 0 Å². The van der Waals surface area contributed by atoms with Gasteiger partial charge in [-0.15, -0.1) is 0 Å². The second-order valence-electron chi connectivity index (χ2n) is 7.83. The van der Waals surface area contributed by atoms with Gasteiger partial charge < -0.3 is 0 Å². The van der Waals surface area contributed by atoms with Gasteiger partial charge in [0.2, 0.25) is 0 Å². The first-order valence-corrected chi connectivity index (χ1v) is 11.0. The van der Waals surface area contributed by atoms with Gasteiger partial charge in [-0.3, -0.25) is 4.31 Å². The van der Waals surface area contributed by atoms with Crippen molar-refractivity contribution in [2.45, 2.75) is 35.4 Å². The fourth-order valence-electron chi connectivity index (χ4n) is 4.88. The summed E-state index contributed by atoms with van der Waals surface area (Å²) in [7, 11) is -4.18. The van der Waals surface area contributed by atoms with E-state index in [-0.39, 0.29) is 10.5 Å². The Balaban J connectivity index is 1.74. The summed E-state index contributed by atoms with van der Waals surface area (Å²) in [4.78, 5) is -0.0143. The standard InChI is InChI=1S/C23H18F3NO2S/c1-15-11-13-17(14-12-15)30(28,29)27-19-10-6-5-9-18(19)20-21(27)22(20,23(24,25)26)16-7-3-2-4-8-16/h2-14,20-21H,1H3/t20-,21+,22+/m0/s1. The summed E-state index contributed by atoms with van der Waals surface area (Å²) in [6.45, 7) is 1.82. The molecule has 2 aliphatic rings. The molecule has 0 spiro atoms. The SMILES string of the molecule is Cc1ccc(S(=O)(=O)N2c3ccccc3[C@H]3[C@@H]2[C@]3(c2ccccc2)C(F)(F)F)cc1. The molecule has 0 N–H and O–H groups in total. The number of sulfonamides is 1. The summed E-state index contributed by atoms with van der Waals surface area (Å²) in [5.74, 6) is -0.976. The zero-order chi connectivity index (χ0) is 21.3. The van der Waals surface area contributed by atoms with E-state index in [4.69, 9.17) is 0 Å². The van der Waals surface area contributed by atoms with Crippen LogP contribution in [0.3, 0.4) is 0 Å². The molecule has 0 unspecified atom stereocenters. The molecule has 3 nitrogen and oxygen atoms in total. The summed E-state index contributed by atoms with van der Waals surface area (Å²) in [5.41, 5.74) is -0.566. The highest BCUT2D eigenvalue weighted by Gasteiger charge is 2.84. The lowest BCUT2D eigenvalue weighted by Gasteiger charge is -2.31. The molecule has 1 aliphatic heterocycles. The predicted molar refractivity (Wildman–Crippen MR) is 108 cm³/mol. The van der Waals surface area contributed by atoms with Crippen LogP contribution in [0.5, 0.6) is 0 Å². The molecule has 1 fully saturated rings. The van der Waals surface area contributed by atoms with Gasteiger partial charge in [0, 0.05) is 5.92 Å². The Morgan fingerprint density at radius 2 is 1.47 bits per heavy atom. The van der Waals surface area contributed by atoms with Crippen LogP contribution in [0, 0.1) is 6.92 Å². The first-order valence-electron chi connectivity index (χ1n) is 9.53. The van der Waals surface area contributed by atoms with Gasteiger partial charge in [0.05, 0.1) is 16.6 Å². The number of hydrogen-bond acceptors (Lipinski definition) is 2. The average Bonchev–Trinajstić information content (AvgIpc) is 3.28. The Labute approximate surface area is 172 Å². The van der Waals surface area contributed by atoms with Crippen LogP contribution in [-0.4, -0.2) is 20.6 Å². The van der Waals surface area contributed by atoms with Crippen molar-refractivity contribution in [2.24, 2.45) is 0 Å². The molecule has 0 saturated heterocycles. The van der Waals surface area contributed by atoms with E-state index >= 15 is 0 Å². The molecular weight excluding hydrogens is 411 g/mol. The van der Waals surface area contributed by atoms with Crippen molar-refractivity contribution >= 4 is 15.7 Å². The molecule has 5 rings (SSSR count). The molecule has 0 aromatic heterocycles. The Morgan fingerprint density at radius 3 is 2.10 bits per heavy atom. The Kier molecular flexibility index (Phi) is 3.90. The maximum atomic E-state index is 14.6. The highest BCUT2D eigenvalue weighted by Crippen LogP contribution is 2.75. The quantitative estimate of drug-likeness (QED) is 0.576. The molecule has 0 bridgehead atoms. The van der Waals surface area contributed by atoms with Gasteiger partial charge in [0.15, 0.2) is 0 Å². The smallest absolute Gasteiger partial charge is 0.261 e. The van der Waals surface area contributed by atoms with E-state index in [0.717, 1.165) is 9.87 Å². The van der Waals surface area contributed by atoms with Crippen LogP contribution in [0.4, 0.5) is 18.9 Å². The van der Waals surface area contributed by atoms with E-state index in [1.807, 2.05) is 6.92 Å². The van der Waals surface area contributed by atoms with E-state index in [0.29, 0.717) is 11.3 Å². The van der Waals surface area contributed by atoms with Crippen LogP contribution in [0.15, 0.2) is 83.8 Å². The molecule has 3 aromatic carbocycles. The average molecular weight is 429 g/mol. The zero-order valence-corrected chi connectivity index (χ0v) is 16.8. The molecule has 0 amide bonds. The lowest BCUT2D eigenvalue weighted by Crippen LogP contribution is -2.43. The van der Waals surface area contributed by atoms with Crippen molar-refractivity contribution in [1.29, 1.82) is 0 Å². The first-order chi connectivity index (χ1) is 14.2. The summed E-state index contributed by atoms with van der Waals surface area (Å²) >= 11 is 0. The Hall–Kier alpha value is -2.80. The number of para-hydroxylation sites is 1. The van der Waals surface area contributed by atoms with Gasteiger partial charge in [-0.1, -0.05) is 66.2 Å². The Bertz CT molecular complexity index is 1220. The lowest BCUT2D eigenvalue weighted by molar-refractivity contribution is -0.163. The summed E-state index contributed by atoms with van der Waals surface area (Å²) in [6.07, 6.45) is -4.61. The Morgan fingerprint density at radius 1 is 0.867 bits per heavy atom. The summed E-state index contributed by atoms with van der Waals surface area (Å²) in [5, 5.41) is 0. The molecule has 3 aromatic rings. The van der Waals surface area contributed by atoms with Gasteiger partial charge in [-0.25, -0.2) is 8.42 Å². The molecule has 1 heterocycles. The number of hydrogen-bond donors (Lipinski definition) is 0. The number of benzene rings is 3. The molecule has 7 heteroatoms. The molecule has 0 radical (unpaired) electrons. The normalized spacial score (nSPS) is 25.0. The monoisotopic (exact) mass is 429 g/mol. The second kappa shape index (κ2) is 6.11. The number of alkyl halides is 3. The lowest BCUT2D eigenvalue weighted by atomic mass is 9.88. The number of aryl methyl sites for hydroxylation is 1. The highest BCUT2D eigenvalue weighted by molar-refractivity contribution is 7.93. The third-order valence-electron chi connectivity index (χ3n) is 6.22. The van der Waals surface area contributed by atoms with Crippen LogP contribution in [-0.2, 0) is 15.4 Å². The minimum Gasteiger partial charge on any atom is -0.261 e. The molecule has 154 valence electrons. The summed E-state index contributed by atoms with van der Waals surface area (Å²) in [6, 6.07) is 19.1. The first kappa shape index (κ1) is 19.2. The van der Waals surface area contributed by atoms with Crippen LogP contribution in [0.2, 0.25) is 0 Å². The van der Waals surface area contributed by atoms with Gasteiger partial charge in [-0.2, -0.15) is 13.2 Å². The topological polar surface area (TPSA) is 37.4 Å².